The highest BCUT2D eigenvalue weighted by Gasteiger charge is 2.50. The van der Waals surface area contributed by atoms with E-state index in [1.165, 1.54) is 0 Å². The van der Waals surface area contributed by atoms with Crippen LogP contribution in [0.25, 0.3) is 0 Å². The molecule has 1 aromatic carbocycles. The van der Waals surface area contributed by atoms with Crippen LogP contribution in [0.15, 0.2) is 30.3 Å². The van der Waals surface area contributed by atoms with Gasteiger partial charge in [-0.15, -0.1) is 0 Å². The van der Waals surface area contributed by atoms with Crippen molar-refractivity contribution in [2.75, 3.05) is 52.7 Å². The number of nitrogens with one attached hydrogen (secondary N) is 4. The first kappa shape index (κ1) is 40.7. The number of alkyl halides is 4. The topological polar surface area (TPSA) is 177 Å². The molecule has 1 aromatic rings. The van der Waals surface area contributed by atoms with E-state index in [4.69, 9.17) is 9.47 Å². The molecule has 14 nitrogen and oxygen atoms in total. The summed E-state index contributed by atoms with van der Waals surface area (Å²) in [4.78, 5) is 68.0. The third-order valence-electron chi connectivity index (χ3n) is 7.89. The molecule has 2 saturated heterocycles. The fourth-order valence-corrected chi connectivity index (χ4v) is 5.10. The average Bonchev–Trinajstić information content (AvgIpc) is 3.82. The van der Waals surface area contributed by atoms with Crippen LogP contribution in [-0.2, 0) is 49.3 Å². The Labute approximate surface area is 287 Å². The quantitative estimate of drug-likeness (QED) is 0.103. The van der Waals surface area contributed by atoms with Crippen LogP contribution in [0.4, 0.5) is 17.6 Å². The molecule has 18 heteroatoms. The van der Waals surface area contributed by atoms with Gasteiger partial charge in [0.15, 0.2) is 5.78 Å². The van der Waals surface area contributed by atoms with E-state index in [1.807, 2.05) is 13.8 Å². The lowest BCUT2D eigenvalue weighted by Crippen LogP contribution is -2.60. The van der Waals surface area contributed by atoms with Crippen molar-refractivity contribution in [3.05, 3.63) is 35.9 Å². The average molecular weight is 720 g/mol. The second kappa shape index (κ2) is 19.6. The van der Waals surface area contributed by atoms with E-state index in [0.29, 0.717) is 31.9 Å². The first-order chi connectivity index (χ1) is 23.7. The Bertz CT molecular complexity index is 1280. The normalized spacial score (nSPS) is 20.1. The van der Waals surface area contributed by atoms with Gasteiger partial charge in [-0.25, -0.2) is 0 Å². The first-order valence-corrected chi connectivity index (χ1v) is 16.2. The lowest BCUT2D eigenvalue weighted by molar-refractivity contribution is -0.153. The van der Waals surface area contributed by atoms with Crippen LogP contribution >= 0.6 is 0 Å². The van der Waals surface area contributed by atoms with Crippen LogP contribution in [0.3, 0.4) is 0 Å². The maximum Gasteiger partial charge on any atom is 0.345 e. The Morgan fingerprint density at radius 1 is 0.800 bits per heavy atom. The molecule has 50 heavy (non-hydrogen) atoms. The van der Waals surface area contributed by atoms with E-state index in [2.05, 4.69) is 30.7 Å². The van der Waals surface area contributed by atoms with Crippen molar-refractivity contribution < 1.29 is 60.5 Å². The predicted molar refractivity (Wildman–Crippen MR) is 168 cm³/mol. The molecule has 2 fully saturated rings. The summed E-state index contributed by atoms with van der Waals surface area (Å²) in [6.07, 6.45) is 0.156. The molecule has 0 spiro atoms. The number of carbonyl (C=O) groups is 5. The van der Waals surface area contributed by atoms with Crippen molar-refractivity contribution in [1.29, 1.82) is 0 Å². The zero-order valence-corrected chi connectivity index (χ0v) is 28.1. The number of Topliss-reactive ketones (excluding diaryl/α,β-unsaturated/α-hetero) is 1. The second-order valence-electron chi connectivity index (χ2n) is 12.6. The SMILES string of the molecule is CC(C)C[C@H](NC(=O)[C@H](Cc1ccccc1)NC(=O)[C@H](COC(F)F)NC(=O)[C@H](COC(F)F)NC(=O)CN1CCOCC1)C(=O)[C@]1(C)CO1. The molecule has 0 saturated carbocycles. The molecule has 4 amide bonds. The number of ketones is 1. The van der Waals surface area contributed by atoms with E-state index in [9.17, 15) is 41.5 Å². The monoisotopic (exact) mass is 719 g/mol. The number of amides is 4. The van der Waals surface area contributed by atoms with Gasteiger partial charge in [-0.3, -0.25) is 28.9 Å². The lowest BCUT2D eigenvalue weighted by Gasteiger charge is -2.28. The summed E-state index contributed by atoms with van der Waals surface area (Å²) >= 11 is 0. The van der Waals surface area contributed by atoms with E-state index < -0.39 is 79.8 Å². The molecule has 0 aromatic heterocycles. The van der Waals surface area contributed by atoms with Gasteiger partial charge in [0.05, 0.1) is 45.6 Å². The number of nitrogens with zero attached hydrogens (tertiary/aromatic N) is 1. The van der Waals surface area contributed by atoms with Gasteiger partial charge in [0.2, 0.25) is 23.6 Å². The van der Waals surface area contributed by atoms with Gasteiger partial charge in [-0.1, -0.05) is 44.2 Å². The first-order valence-electron chi connectivity index (χ1n) is 16.2. The van der Waals surface area contributed by atoms with Crippen LogP contribution in [0.2, 0.25) is 0 Å². The molecule has 3 rings (SSSR count). The predicted octanol–water partition coefficient (Wildman–Crippen LogP) is 0.383. The lowest BCUT2D eigenvalue weighted by atomic mass is 9.93. The summed E-state index contributed by atoms with van der Waals surface area (Å²) in [5.41, 5.74) is -0.469. The number of hydrogen-bond donors (Lipinski definition) is 4. The Kier molecular flexibility index (Phi) is 16.0. The molecule has 0 radical (unpaired) electrons. The minimum atomic E-state index is -3.37. The van der Waals surface area contributed by atoms with Gasteiger partial charge < -0.3 is 40.2 Å². The molecular weight excluding hydrogens is 674 g/mol. The molecule has 280 valence electrons. The minimum absolute atomic E-state index is 0.0174. The number of ether oxygens (including phenoxy) is 4. The molecule has 4 N–H and O–H groups in total. The molecule has 2 aliphatic heterocycles. The Morgan fingerprint density at radius 2 is 1.30 bits per heavy atom. The molecule has 0 unspecified atom stereocenters. The van der Waals surface area contributed by atoms with E-state index >= 15 is 0 Å². The largest absolute Gasteiger partial charge is 0.379 e. The van der Waals surface area contributed by atoms with E-state index in [0.717, 1.165) is 0 Å². The highest BCUT2D eigenvalue weighted by atomic mass is 19.3. The summed E-state index contributed by atoms with van der Waals surface area (Å²) in [5.74, 6) is -4.24. The number of epoxide rings is 1. The Morgan fingerprint density at radius 3 is 1.82 bits per heavy atom. The van der Waals surface area contributed by atoms with Gasteiger partial charge in [0.25, 0.3) is 0 Å². The second-order valence-corrected chi connectivity index (χ2v) is 12.6. The number of benzene rings is 1. The van der Waals surface area contributed by atoms with Crippen molar-refractivity contribution in [2.24, 2.45) is 5.92 Å². The smallest absolute Gasteiger partial charge is 0.345 e. The van der Waals surface area contributed by atoms with Crippen molar-refractivity contribution in [2.45, 2.75) is 76.6 Å². The standard InChI is InChI=1S/C32H45F4N5O9/c1-19(2)13-21(26(43)32(3)18-50-32)38-27(44)22(14-20-7-5-4-6-8-20)39-29(46)24(17-49-31(35)36)40-28(45)23(16-48-30(33)34)37-25(42)15-41-9-11-47-12-10-41/h4-8,19,21-24,30-31H,9-18H2,1-3H3,(H,37,42)(H,38,44)(H,39,46)(H,40,45)/t21-,22-,23-,24-,32-/m0/s1. The van der Waals surface area contributed by atoms with Crippen LogP contribution in [-0.4, -0.2) is 130 Å². The van der Waals surface area contributed by atoms with Crippen molar-refractivity contribution in [3.8, 4) is 0 Å². The minimum Gasteiger partial charge on any atom is -0.379 e. The van der Waals surface area contributed by atoms with Gasteiger partial charge in [-0.2, -0.15) is 17.6 Å². The molecule has 5 atom stereocenters. The molecule has 0 aliphatic carbocycles. The Hall–Kier alpha value is -3.71. The van der Waals surface area contributed by atoms with Gasteiger partial charge >= 0.3 is 13.2 Å². The zero-order valence-electron chi connectivity index (χ0n) is 28.1. The molecular formula is C32H45F4N5O9. The number of carbonyl (C=O) groups excluding carboxylic acids is 5. The van der Waals surface area contributed by atoms with Gasteiger partial charge in [0.1, 0.15) is 23.7 Å². The van der Waals surface area contributed by atoms with Crippen LogP contribution in [0.5, 0.6) is 0 Å². The molecule has 0 bridgehead atoms. The summed E-state index contributed by atoms with van der Waals surface area (Å²) in [6.45, 7) is -1.99. The maximum absolute atomic E-state index is 13.7. The van der Waals surface area contributed by atoms with Crippen molar-refractivity contribution in [1.82, 2.24) is 26.2 Å². The fraction of sp³-hybridized carbons (Fsp3) is 0.656. The fourth-order valence-electron chi connectivity index (χ4n) is 5.10. The number of hydrogen-bond acceptors (Lipinski definition) is 10. The number of halogens is 4. The summed E-state index contributed by atoms with van der Waals surface area (Å²) in [7, 11) is 0. The maximum atomic E-state index is 13.7. The van der Waals surface area contributed by atoms with Gasteiger partial charge in [0, 0.05) is 19.5 Å². The van der Waals surface area contributed by atoms with Crippen LogP contribution < -0.4 is 21.3 Å². The number of morpholine rings is 1. The van der Waals surface area contributed by atoms with Crippen molar-refractivity contribution >= 4 is 29.4 Å². The summed E-state index contributed by atoms with van der Waals surface area (Å²) in [6, 6.07) is 2.46. The Balaban J connectivity index is 1.80. The third kappa shape index (κ3) is 13.9. The zero-order chi connectivity index (χ0) is 36.8. The van der Waals surface area contributed by atoms with Gasteiger partial charge in [-0.05, 0) is 24.8 Å². The van der Waals surface area contributed by atoms with Crippen LogP contribution in [0.1, 0.15) is 32.8 Å². The molecule has 2 aliphatic rings. The highest BCUT2D eigenvalue weighted by Crippen LogP contribution is 2.29. The summed E-state index contributed by atoms with van der Waals surface area (Å²) < 4.78 is 71.1. The summed E-state index contributed by atoms with van der Waals surface area (Å²) in [5, 5.41) is 9.53. The van der Waals surface area contributed by atoms with E-state index in [1.54, 1.807) is 42.2 Å². The van der Waals surface area contributed by atoms with Crippen LogP contribution in [0, 0.1) is 5.92 Å². The van der Waals surface area contributed by atoms with Crippen molar-refractivity contribution in [3.63, 3.8) is 0 Å². The third-order valence-corrected chi connectivity index (χ3v) is 7.89. The number of rotatable bonds is 21. The highest BCUT2D eigenvalue weighted by molar-refractivity contribution is 5.98. The molecule has 2 heterocycles. The van der Waals surface area contributed by atoms with E-state index in [-0.39, 0.29) is 37.7 Å².